The quantitative estimate of drug-likeness (QED) is 0.271. The van der Waals surface area contributed by atoms with E-state index in [0.29, 0.717) is 21.4 Å². The number of alkyl halides is 4. The molecule has 1 amide bonds. The van der Waals surface area contributed by atoms with Crippen LogP contribution in [-0.4, -0.2) is 31.7 Å². The van der Waals surface area contributed by atoms with Crippen LogP contribution in [-0.2, 0) is 6.18 Å². The normalized spacial score (nSPS) is 19.7. The van der Waals surface area contributed by atoms with Crippen LogP contribution in [0.2, 0.25) is 0 Å². The highest BCUT2D eigenvalue weighted by Crippen LogP contribution is 2.39. The van der Waals surface area contributed by atoms with Crippen LogP contribution in [0, 0.1) is 12.8 Å². The van der Waals surface area contributed by atoms with Crippen LogP contribution in [0.5, 0.6) is 5.75 Å². The van der Waals surface area contributed by atoms with E-state index in [9.17, 15) is 18.0 Å². The first kappa shape index (κ1) is 24.7. The molecule has 1 atom stereocenters. The molecule has 3 aromatic rings. The van der Waals surface area contributed by atoms with Gasteiger partial charge in [-0.3, -0.25) is 9.48 Å². The van der Waals surface area contributed by atoms with Crippen LogP contribution in [0.15, 0.2) is 30.3 Å². The molecule has 1 unspecified atom stereocenters. The molecular formula is C24H26F3IN4O2. The van der Waals surface area contributed by atoms with Gasteiger partial charge in [-0.25, -0.2) is 4.98 Å². The van der Waals surface area contributed by atoms with Crippen LogP contribution in [0.1, 0.15) is 60.5 Å². The zero-order chi connectivity index (χ0) is 24.6. The Morgan fingerprint density at radius 1 is 1.24 bits per heavy atom. The molecule has 2 aromatic heterocycles. The third-order valence-corrected chi connectivity index (χ3v) is 7.54. The first-order valence-electron chi connectivity index (χ1n) is 11.1. The third kappa shape index (κ3) is 5.01. The maximum atomic E-state index is 13.0. The van der Waals surface area contributed by atoms with Crippen molar-refractivity contribution in [3.8, 4) is 5.75 Å². The van der Waals surface area contributed by atoms with E-state index in [-0.39, 0.29) is 5.69 Å². The largest absolute Gasteiger partial charge is 0.494 e. The molecule has 6 nitrogen and oxygen atoms in total. The lowest BCUT2D eigenvalue weighted by Crippen LogP contribution is -2.23. The second kappa shape index (κ2) is 9.71. The summed E-state index contributed by atoms with van der Waals surface area (Å²) < 4.78 is 47.1. The fourth-order valence-electron chi connectivity index (χ4n) is 4.59. The number of halogens is 4. The summed E-state index contributed by atoms with van der Waals surface area (Å²) in [4.78, 5) is 16.2. The van der Waals surface area contributed by atoms with Crippen LogP contribution in [0.4, 0.5) is 18.9 Å². The topological polar surface area (TPSA) is 69.0 Å². The van der Waals surface area contributed by atoms with E-state index >= 15 is 0 Å². The molecule has 4 rings (SSSR count). The molecule has 182 valence electrons. The smallest absolute Gasteiger partial charge is 0.433 e. The molecule has 1 fully saturated rings. The number of carbonyl (C=O) groups is 1. The number of carbonyl (C=O) groups excluding carboxylic acids is 1. The van der Waals surface area contributed by atoms with Gasteiger partial charge in [0.25, 0.3) is 5.91 Å². The molecular weight excluding hydrogens is 560 g/mol. The van der Waals surface area contributed by atoms with Gasteiger partial charge in [0, 0.05) is 21.1 Å². The number of rotatable bonds is 5. The number of anilines is 1. The highest BCUT2D eigenvalue weighted by Gasteiger charge is 2.33. The zero-order valence-electron chi connectivity index (χ0n) is 19.1. The molecule has 1 aromatic carbocycles. The number of hydrogen-bond acceptors (Lipinski definition) is 4. The first-order valence-corrected chi connectivity index (χ1v) is 12.4. The zero-order valence-corrected chi connectivity index (χ0v) is 21.3. The van der Waals surface area contributed by atoms with Gasteiger partial charge in [0.2, 0.25) is 0 Å². The van der Waals surface area contributed by atoms with Gasteiger partial charge in [-0.2, -0.15) is 18.3 Å². The molecule has 0 bridgehead atoms. The minimum Gasteiger partial charge on any atom is -0.494 e. The lowest BCUT2D eigenvalue weighted by Gasteiger charge is -2.30. The Bertz CT molecular complexity index is 1200. The Hall–Kier alpha value is -2.37. The van der Waals surface area contributed by atoms with E-state index in [2.05, 4.69) is 44.5 Å². The Balaban J connectivity index is 1.62. The van der Waals surface area contributed by atoms with Crippen molar-refractivity contribution in [1.29, 1.82) is 0 Å². The number of nitrogens with zero attached hydrogens (tertiary/aromatic N) is 3. The van der Waals surface area contributed by atoms with Crippen molar-refractivity contribution in [2.45, 2.75) is 55.7 Å². The van der Waals surface area contributed by atoms with Gasteiger partial charge in [-0.05, 0) is 56.7 Å². The van der Waals surface area contributed by atoms with E-state index in [4.69, 9.17) is 9.84 Å². The second-order valence-electron chi connectivity index (χ2n) is 8.71. The second-order valence-corrected chi connectivity index (χ2v) is 10.7. The number of aromatic nitrogens is 3. The number of pyridine rings is 1. The van der Waals surface area contributed by atoms with E-state index in [1.165, 1.54) is 26.0 Å². The summed E-state index contributed by atoms with van der Waals surface area (Å²) in [6.45, 7) is 4.25. The van der Waals surface area contributed by atoms with E-state index in [1.807, 2.05) is 6.92 Å². The van der Waals surface area contributed by atoms with Crippen LogP contribution < -0.4 is 10.1 Å². The molecule has 34 heavy (non-hydrogen) atoms. The third-order valence-electron chi connectivity index (χ3n) is 6.52. The highest BCUT2D eigenvalue weighted by molar-refractivity contribution is 14.1. The monoisotopic (exact) mass is 586 g/mol. The minimum absolute atomic E-state index is 0.317. The number of aryl methyl sites for hydroxylation is 1. The van der Waals surface area contributed by atoms with Crippen LogP contribution >= 0.6 is 22.6 Å². The van der Waals surface area contributed by atoms with Gasteiger partial charge in [0.1, 0.15) is 17.1 Å². The highest BCUT2D eigenvalue weighted by atomic mass is 127. The number of nitrogens with one attached hydrogen (secondary N) is 1. The van der Waals surface area contributed by atoms with Crippen molar-refractivity contribution in [2.75, 3.05) is 12.4 Å². The summed E-state index contributed by atoms with van der Waals surface area (Å²) in [7, 11) is 1.47. The molecule has 0 aliphatic heterocycles. The number of hydrogen-bond donors (Lipinski definition) is 1. The van der Waals surface area contributed by atoms with Gasteiger partial charge >= 0.3 is 6.18 Å². The Morgan fingerprint density at radius 2 is 1.94 bits per heavy atom. The van der Waals surface area contributed by atoms with Crippen molar-refractivity contribution >= 4 is 45.1 Å². The molecule has 2 heterocycles. The Labute approximate surface area is 209 Å². The molecule has 1 aliphatic rings. The first-order chi connectivity index (χ1) is 16.1. The summed E-state index contributed by atoms with van der Waals surface area (Å²) in [6.07, 6.45) is -0.173. The number of benzene rings is 1. The van der Waals surface area contributed by atoms with Gasteiger partial charge in [-0.15, -0.1) is 0 Å². The van der Waals surface area contributed by atoms with E-state index < -0.39 is 17.8 Å². The SMILES string of the molecule is COc1cc2nn([C@H]3CC[C@H](C(C)I)CC3)c(C)c2cc1NC(=O)c1cccc(C(F)(F)F)n1. The molecule has 1 saturated carbocycles. The van der Waals surface area contributed by atoms with E-state index in [0.717, 1.165) is 47.5 Å². The average molecular weight is 586 g/mol. The summed E-state index contributed by atoms with van der Waals surface area (Å²) >= 11 is 2.50. The maximum Gasteiger partial charge on any atom is 0.433 e. The van der Waals surface area contributed by atoms with Crippen molar-refractivity contribution in [2.24, 2.45) is 5.92 Å². The van der Waals surface area contributed by atoms with Crippen molar-refractivity contribution in [1.82, 2.24) is 14.8 Å². The number of ether oxygens (including phenoxy) is 1. The van der Waals surface area contributed by atoms with E-state index in [1.54, 1.807) is 12.1 Å². The molecule has 10 heteroatoms. The van der Waals surface area contributed by atoms with Crippen LogP contribution in [0.3, 0.4) is 0 Å². The Morgan fingerprint density at radius 3 is 2.56 bits per heavy atom. The Kier molecular flexibility index (Phi) is 7.07. The number of methoxy groups -OCH3 is 1. The van der Waals surface area contributed by atoms with Crippen LogP contribution in [0.25, 0.3) is 10.9 Å². The molecule has 0 saturated heterocycles. The summed E-state index contributed by atoms with van der Waals surface area (Å²) in [5, 5.41) is 8.33. The molecule has 0 spiro atoms. The summed E-state index contributed by atoms with van der Waals surface area (Å²) in [5.41, 5.74) is 0.631. The van der Waals surface area contributed by atoms with Gasteiger partial charge in [0.15, 0.2) is 0 Å². The van der Waals surface area contributed by atoms with Crippen molar-refractivity contribution in [3.05, 3.63) is 47.4 Å². The maximum absolute atomic E-state index is 13.0. The number of fused-ring (bicyclic) bond motifs is 1. The van der Waals surface area contributed by atoms with Gasteiger partial charge < -0.3 is 10.1 Å². The summed E-state index contributed by atoms with van der Waals surface area (Å²) in [6, 6.07) is 7.05. The predicted octanol–water partition coefficient (Wildman–Crippen LogP) is 6.57. The average Bonchev–Trinajstić information content (AvgIpc) is 3.13. The summed E-state index contributed by atoms with van der Waals surface area (Å²) in [5.74, 6) is 0.355. The van der Waals surface area contributed by atoms with Gasteiger partial charge in [-0.1, -0.05) is 35.6 Å². The standard InChI is InChI=1S/C24H26F3IN4O2/c1-13(28)15-7-9-16(10-8-15)32-14(2)17-11-20(21(34-3)12-19(17)31-32)30-23(33)18-5-4-6-22(29-18)24(25,26)27/h4-6,11-13,15-16H,7-10H2,1-3H3,(H,30,33)/t13?,15-,16-. The fraction of sp³-hybridized carbons (Fsp3) is 0.458. The minimum atomic E-state index is -4.63. The lowest BCUT2D eigenvalue weighted by atomic mass is 9.84. The molecule has 1 N–H and O–H groups in total. The van der Waals surface area contributed by atoms with Crippen molar-refractivity contribution < 1.29 is 22.7 Å². The van der Waals surface area contributed by atoms with Gasteiger partial charge in [0.05, 0.1) is 24.4 Å². The van der Waals surface area contributed by atoms with Crippen molar-refractivity contribution in [3.63, 3.8) is 0 Å². The molecule has 0 radical (unpaired) electrons. The lowest BCUT2D eigenvalue weighted by molar-refractivity contribution is -0.141. The molecule has 1 aliphatic carbocycles. The predicted molar refractivity (Wildman–Crippen MR) is 133 cm³/mol. The fourth-order valence-corrected chi connectivity index (χ4v) is 5.31. The number of amides is 1.